The van der Waals surface area contributed by atoms with Gasteiger partial charge in [0, 0.05) is 30.6 Å². The Morgan fingerprint density at radius 3 is 2.88 bits per heavy atom. The molecule has 220 valence electrons. The molecule has 0 spiro atoms. The third kappa shape index (κ3) is 5.23. The normalized spacial score (nSPS) is 28.6. The van der Waals surface area contributed by atoms with Crippen molar-refractivity contribution in [2.75, 3.05) is 24.2 Å². The minimum Gasteiger partial charge on any atom is -0.382 e. The first kappa shape index (κ1) is 28.1. The first-order valence-corrected chi connectivity index (χ1v) is 14.0. The number of H-pyrrole nitrogens is 1. The predicted molar refractivity (Wildman–Crippen MR) is 143 cm³/mol. The highest BCUT2D eigenvalue weighted by atomic mass is 31.1. The Labute approximate surface area is 233 Å². The standard InChI is InChI=1S/C20H26FN11O7P2/c21-11-7(9(4-35-40)36-19(11)31-6-26-12-14(22)24-5-25-15(12)31)1-2-41-39-10-3-8(38-34)18(37-10)32-16-13(29-30-32)17(33)28-20(23)27-16/h5-11,18-19,34,41H,1-4,40H2,(H2,22,24,25)(H3,23,27,28,33)/t7-,8-,9-,10?,11+,18-,19-/m1/s1. The number of aromatic nitrogens is 9. The second-order valence-electron chi connectivity index (χ2n) is 9.38. The number of alkyl halides is 1. The molecule has 21 heteroatoms. The van der Waals surface area contributed by atoms with Gasteiger partial charge >= 0.3 is 0 Å². The molecule has 3 unspecified atom stereocenters. The van der Waals surface area contributed by atoms with Crippen molar-refractivity contribution in [2.24, 2.45) is 5.92 Å². The van der Waals surface area contributed by atoms with Gasteiger partial charge in [-0.1, -0.05) is 5.21 Å². The summed E-state index contributed by atoms with van der Waals surface area (Å²) in [6.07, 6.45) is -1.76. The monoisotopic (exact) mass is 613 g/mol. The van der Waals surface area contributed by atoms with E-state index in [0.717, 1.165) is 0 Å². The van der Waals surface area contributed by atoms with Crippen LogP contribution in [0.4, 0.5) is 16.2 Å². The van der Waals surface area contributed by atoms with Gasteiger partial charge in [-0.25, -0.2) is 24.2 Å². The van der Waals surface area contributed by atoms with Crippen LogP contribution in [0.25, 0.3) is 22.3 Å². The summed E-state index contributed by atoms with van der Waals surface area (Å²) in [5.41, 5.74) is 11.7. The molecule has 4 aromatic heterocycles. The molecule has 6 heterocycles. The third-order valence-electron chi connectivity index (χ3n) is 6.95. The fourth-order valence-electron chi connectivity index (χ4n) is 5.05. The lowest BCUT2D eigenvalue weighted by atomic mass is 9.96. The molecule has 6 rings (SSSR count). The molecule has 41 heavy (non-hydrogen) atoms. The summed E-state index contributed by atoms with van der Waals surface area (Å²) in [5, 5.41) is 17.2. The number of nitrogens with one attached hydrogen (secondary N) is 1. The van der Waals surface area contributed by atoms with Crippen LogP contribution in [0.1, 0.15) is 25.3 Å². The van der Waals surface area contributed by atoms with Crippen molar-refractivity contribution >= 4 is 52.4 Å². The fraction of sp³-hybridized carbons (Fsp3) is 0.550. The Morgan fingerprint density at radius 2 is 2.07 bits per heavy atom. The maximum atomic E-state index is 15.8. The van der Waals surface area contributed by atoms with Crippen molar-refractivity contribution in [1.82, 2.24) is 44.5 Å². The van der Waals surface area contributed by atoms with E-state index < -0.39 is 48.6 Å². The lowest BCUT2D eigenvalue weighted by Gasteiger charge is -2.19. The number of aromatic amines is 1. The number of nitrogen functional groups attached to an aromatic ring is 2. The number of ether oxygens (including phenoxy) is 2. The second-order valence-corrected chi connectivity index (χ2v) is 10.7. The molecule has 2 aliphatic rings. The molecule has 2 fully saturated rings. The van der Waals surface area contributed by atoms with Gasteiger partial charge in [-0.2, -0.15) is 9.67 Å². The van der Waals surface area contributed by atoms with Crippen LogP contribution < -0.4 is 17.0 Å². The largest absolute Gasteiger partial charge is 0.382 e. The van der Waals surface area contributed by atoms with E-state index in [4.69, 9.17) is 30.0 Å². The third-order valence-corrected chi connectivity index (χ3v) is 8.07. The van der Waals surface area contributed by atoms with Crippen LogP contribution in [0.3, 0.4) is 0 Å². The molecule has 0 radical (unpaired) electrons. The van der Waals surface area contributed by atoms with Gasteiger partial charge in [0.1, 0.15) is 17.9 Å². The van der Waals surface area contributed by atoms with Crippen LogP contribution in [0.15, 0.2) is 17.4 Å². The van der Waals surface area contributed by atoms with E-state index in [1.165, 1.54) is 21.9 Å². The fourth-order valence-corrected chi connectivity index (χ4v) is 6.14. The number of nitrogens with two attached hydrogens (primary N) is 2. The molecular formula is C20H26FN11O7P2. The van der Waals surface area contributed by atoms with Crippen molar-refractivity contribution in [1.29, 1.82) is 0 Å². The average Bonchev–Trinajstić information content (AvgIpc) is 3.72. The quantitative estimate of drug-likeness (QED) is 0.0813. The average molecular weight is 613 g/mol. The van der Waals surface area contributed by atoms with Crippen molar-refractivity contribution in [3.63, 3.8) is 0 Å². The Morgan fingerprint density at radius 1 is 1.22 bits per heavy atom. The molecule has 4 aromatic rings. The first-order chi connectivity index (χ1) is 19.9. The van der Waals surface area contributed by atoms with Gasteiger partial charge in [0.15, 0.2) is 47.5 Å². The Hall–Kier alpha value is -3.02. The van der Waals surface area contributed by atoms with Gasteiger partial charge in [0.05, 0.1) is 19.0 Å². The smallest absolute Gasteiger partial charge is 0.282 e. The number of nitrogens with zero attached hydrogens (tertiary/aromatic N) is 8. The van der Waals surface area contributed by atoms with Crippen LogP contribution in [-0.4, -0.2) is 87.2 Å². The zero-order valence-electron chi connectivity index (χ0n) is 21.1. The van der Waals surface area contributed by atoms with Crippen LogP contribution in [-0.2, 0) is 23.4 Å². The molecule has 6 N–H and O–H groups in total. The highest BCUT2D eigenvalue weighted by molar-refractivity contribution is 7.32. The molecule has 0 saturated carbocycles. The summed E-state index contributed by atoms with van der Waals surface area (Å²) in [4.78, 5) is 35.4. The van der Waals surface area contributed by atoms with Crippen LogP contribution in [0, 0.1) is 5.92 Å². The van der Waals surface area contributed by atoms with Gasteiger partial charge in [0.2, 0.25) is 5.95 Å². The maximum Gasteiger partial charge on any atom is 0.282 e. The van der Waals surface area contributed by atoms with E-state index in [-0.39, 0.29) is 44.8 Å². The summed E-state index contributed by atoms with van der Waals surface area (Å²) in [6.45, 7) is 0.163. The highest BCUT2D eigenvalue weighted by Crippen LogP contribution is 2.42. The lowest BCUT2D eigenvalue weighted by Crippen LogP contribution is -2.26. The van der Waals surface area contributed by atoms with E-state index in [1.807, 2.05) is 0 Å². The van der Waals surface area contributed by atoms with Crippen molar-refractivity contribution < 1.29 is 33.1 Å². The molecule has 0 aromatic carbocycles. The van der Waals surface area contributed by atoms with E-state index in [0.29, 0.717) is 23.7 Å². The van der Waals surface area contributed by atoms with Crippen LogP contribution >= 0.6 is 18.3 Å². The lowest BCUT2D eigenvalue weighted by molar-refractivity contribution is -0.294. The number of halogens is 1. The molecular weight excluding hydrogens is 587 g/mol. The zero-order valence-corrected chi connectivity index (χ0v) is 23.3. The van der Waals surface area contributed by atoms with Gasteiger partial charge < -0.3 is 30.0 Å². The molecule has 2 saturated heterocycles. The van der Waals surface area contributed by atoms with Gasteiger partial charge in [-0.3, -0.25) is 19.6 Å². The summed E-state index contributed by atoms with van der Waals surface area (Å²) in [7, 11) is 2.08. The summed E-state index contributed by atoms with van der Waals surface area (Å²) in [6, 6.07) is 0. The van der Waals surface area contributed by atoms with Gasteiger partial charge in [-0.15, -0.1) is 5.10 Å². The molecule has 9 atom stereocenters. The topological polar surface area (TPSA) is 238 Å². The number of anilines is 2. The Bertz CT molecular complexity index is 1590. The number of fused-ring (bicyclic) bond motifs is 2. The second kappa shape index (κ2) is 11.7. The summed E-state index contributed by atoms with van der Waals surface area (Å²) in [5.74, 6) is -0.443. The molecule has 0 amide bonds. The van der Waals surface area contributed by atoms with Crippen LogP contribution in [0.5, 0.6) is 0 Å². The van der Waals surface area contributed by atoms with Gasteiger partial charge in [0.25, 0.3) is 5.56 Å². The highest BCUT2D eigenvalue weighted by Gasteiger charge is 2.46. The SMILES string of the molecule is Nc1nc2c(nnn2[C@@H]2OC(OPCC[C@H]3[C@H](F)[C@H](n4cnc5c(N)ncnc54)O[C@@H]3COP)C[C@H]2OO)c(=O)[nH]1. The molecule has 0 aliphatic carbocycles. The molecule has 0 bridgehead atoms. The van der Waals surface area contributed by atoms with E-state index in [2.05, 4.69) is 49.6 Å². The Balaban J connectivity index is 1.08. The van der Waals surface area contributed by atoms with Crippen molar-refractivity contribution in [3.05, 3.63) is 23.0 Å². The number of hydrogen-bond donors (Lipinski definition) is 4. The number of hydrogen-bond acceptors (Lipinski definition) is 15. The van der Waals surface area contributed by atoms with Gasteiger partial charge in [-0.05, 0) is 12.6 Å². The van der Waals surface area contributed by atoms with E-state index in [1.54, 1.807) is 0 Å². The summed E-state index contributed by atoms with van der Waals surface area (Å²) < 4.78 is 41.5. The number of rotatable bonds is 10. The number of imidazole rings is 1. The first-order valence-electron chi connectivity index (χ1n) is 12.4. The van der Waals surface area contributed by atoms with Crippen molar-refractivity contribution in [2.45, 2.75) is 50.0 Å². The Kier molecular flexibility index (Phi) is 8.02. The summed E-state index contributed by atoms with van der Waals surface area (Å²) >= 11 is 0. The van der Waals surface area contributed by atoms with E-state index >= 15 is 4.39 Å². The van der Waals surface area contributed by atoms with E-state index in [9.17, 15) is 10.1 Å². The molecule has 18 nitrogen and oxygen atoms in total. The predicted octanol–water partition coefficient (Wildman–Crippen LogP) is 0.281. The van der Waals surface area contributed by atoms with Crippen LogP contribution in [0.2, 0.25) is 0 Å². The zero-order chi connectivity index (χ0) is 28.7. The maximum absolute atomic E-state index is 15.8. The minimum atomic E-state index is -1.39. The molecule has 2 aliphatic heterocycles. The minimum absolute atomic E-state index is 0.0489. The van der Waals surface area contributed by atoms with Crippen molar-refractivity contribution in [3.8, 4) is 0 Å².